The van der Waals surface area contributed by atoms with Gasteiger partial charge in [-0.25, -0.2) is 5.43 Å². The SMILES string of the molecule is CCOc1cc(C=NNC(=O)c2cccc(Br)c2)ccc1OS(=O)(=O)c1ccc([N+](=O)[O-])cc1. The number of nitrogens with one attached hydrogen (secondary N) is 1. The zero-order chi connectivity index (χ0) is 24.7. The predicted octanol–water partition coefficient (Wildman–Crippen LogP) is 4.29. The molecule has 10 nitrogen and oxygen atoms in total. The number of non-ortho nitro benzene ring substituents is 1. The van der Waals surface area contributed by atoms with Gasteiger partial charge in [0.2, 0.25) is 0 Å². The highest BCUT2D eigenvalue weighted by Gasteiger charge is 2.20. The van der Waals surface area contributed by atoms with Gasteiger partial charge in [0.15, 0.2) is 11.5 Å². The third-order valence-electron chi connectivity index (χ3n) is 4.27. The van der Waals surface area contributed by atoms with Gasteiger partial charge >= 0.3 is 10.1 Å². The molecule has 0 bridgehead atoms. The summed E-state index contributed by atoms with van der Waals surface area (Å²) in [5.74, 6) is -0.345. The van der Waals surface area contributed by atoms with Crippen molar-refractivity contribution in [3.63, 3.8) is 0 Å². The predicted molar refractivity (Wildman–Crippen MR) is 128 cm³/mol. The zero-order valence-electron chi connectivity index (χ0n) is 17.7. The Balaban J connectivity index is 1.76. The minimum Gasteiger partial charge on any atom is -0.490 e. The molecule has 12 heteroatoms. The molecule has 0 saturated carbocycles. The van der Waals surface area contributed by atoms with Crippen LogP contribution in [0.3, 0.4) is 0 Å². The minimum absolute atomic E-state index is 0.0736. The van der Waals surface area contributed by atoms with E-state index in [0.29, 0.717) is 11.1 Å². The molecule has 0 atom stereocenters. The van der Waals surface area contributed by atoms with Crippen LogP contribution in [0.15, 0.2) is 81.2 Å². The molecule has 0 aliphatic rings. The normalized spacial score (nSPS) is 11.2. The molecule has 3 aromatic carbocycles. The van der Waals surface area contributed by atoms with Gasteiger partial charge in [-0.1, -0.05) is 22.0 Å². The third kappa shape index (κ3) is 6.39. The smallest absolute Gasteiger partial charge is 0.339 e. The van der Waals surface area contributed by atoms with Crippen LogP contribution in [0, 0.1) is 10.1 Å². The summed E-state index contributed by atoms with van der Waals surface area (Å²) in [5, 5.41) is 14.7. The highest BCUT2D eigenvalue weighted by atomic mass is 79.9. The molecule has 3 rings (SSSR count). The van der Waals surface area contributed by atoms with Crippen LogP contribution in [0.5, 0.6) is 11.5 Å². The maximum atomic E-state index is 12.6. The third-order valence-corrected chi connectivity index (χ3v) is 6.01. The fourth-order valence-electron chi connectivity index (χ4n) is 2.70. The van der Waals surface area contributed by atoms with Gasteiger partial charge in [0.05, 0.1) is 17.7 Å². The Morgan fingerprint density at radius 3 is 2.50 bits per heavy atom. The minimum atomic E-state index is -4.27. The van der Waals surface area contributed by atoms with Crippen molar-refractivity contribution in [3.8, 4) is 11.5 Å². The van der Waals surface area contributed by atoms with Gasteiger partial charge in [0.1, 0.15) is 4.90 Å². The number of hydrogen-bond donors (Lipinski definition) is 1. The van der Waals surface area contributed by atoms with Gasteiger partial charge in [0, 0.05) is 22.2 Å². The van der Waals surface area contributed by atoms with E-state index in [1.165, 1.54) is 24.4 Å². The maximum Gasteiger partial charge on any atom is 0.339 e. The summed E-state index contributed by atoms with van der Waals surface area (Å²) in [6.07, 6.45) is 1.37. The van der Waals surface area contributed by atoms with Crippen LogP contribution in [0.2, 0.25) is 0 Å². The topological polar surface area (TPSA) is 137 Å². The summed E-state index contributed by atoms with van der Waals surface area (Å²) >= 11 is 3.30. The molecule has 1 amide bonds. The number of hydrazone groups is 1. The number of amides is 1. The van der Waals surface area contributed by atoms with E-state index in [1.807, 2.05) is 0 Å². The van der Waals surface area contributed by atoms with Crippen molar-refractivity contribution in [1.29, 1.82) is 0 Å². The highest BCUT2D eigenvalue weighted by molar-refractivity contribution is 9.10. The Hall–Kier alpha value is -3.77. The number of rotatable bonds is 9. The first kappa shape index (κ1) is 24.9. The van der Waals surface area contributed by atoms with E-state index in [0.717, 1.165) is 28.7 Å². The number of carbonyl (C=O) groups excluding carboxylic acids is 1. The summed E-state index contributed by atoms with van der Waals surface area (Å²) in [6.45, 7) is 1.95. The monoisotopic (exact) mass is 547 g/mol. The number of halogens is 1. The lowest BCUT2D eigenvalue weighted by Crippen LogP contribution is -2.17. The number of nitrogens with zero attached hydrogens (tertiary/aromatic N) is 2. The van der Waals surface area contributed by atoms with E-state index >= 15 is 0 Å². The molecule has 0 unspecified atom stereocenters. The van der Waals surface area contributed by atoms with E-state index in [4.69, 9.17) is 8.92 Å². The van der Waals surface area contributed by atoms with Crippen molar-refractivity contribution in [1.82, 2.24) is 5.43 Å². The number of nitro groups is 1. The van der Waals surface area contributed by atoms with Crippen LogP contribution >= 0.6 is 15.9 Å². The largest absolute Gasteiger partial charge is 0.490 e. The molecule has 0 saturated heterocycles. The van der Waals surface area contributed by atoms with Crippen LogP contribution in [-0.2, 0) is 10.1 Å². The van der Waals surface area contributed by atoms with E-state index in [1.54, 1.807) is 31.2 Å². The van der Waals surface area contributed by atoms with E-state index in [2.05, 4.69) is 26.5 Å². The van der Waals surface area contributed by atoms with E-state index in [-0.39, 0.29) is 28.7 Å². The standard InChI is InChI=1S/C22H18BrN3O7S/c1-2-32-21-12-15(14-24-25-22(27)16-4-3-5-17(23)13-16)6-11-20(21)33-34(30,31)19-9-7-18(8-10-19)26(28)29/h3-14H,2H2,1H3,(H,25,27). The zero-order valence-corrected chi connectivity index (χ0v) is 20.1. The highest BCUT2D eigenvalue weighted by Crippen LogP contribution is 2.31. The summed E-state index contributed by atoms with van der Waals surface area (Å²) in [5.41, 5.74) is 3.09. The Kier molecular flexibility index (Phi) is 7.97. The van der Waals surface area contributed by atoms with Crippen molar-refractivity contribution < 1.29 is 27.1 Å². The number of benzene rings is 3. The molecular weight excluding hydrogens is 530 g/mol. The summed E-state index contributed by atoms with van der Waals surface area (Å²) in [7, 11) is -4.27. The van der Waals surface area contributed by atoms with Gasteiger partial charge in [0.25, 0.3) is 11.6 Å². The second-order valence-corrected chi connectivity index (χ2v) is 9.10. The van der Waals surface area contributed by atoms with E-state index in [9.17, 15) is 23.3 Å². The molecule has 3 aromatic rings. The lowest BCUT2D eigenvalue weighted by molar-refractivity contribution is -0.384. The van der Waals surface area contributed by atoms with Crippen molar-refractivity contribution in [2.75, 3.05) is 6.61 Å². The van der Waals surface area contributed by atoms with Gasteiger partial charge in [-0.15, -0.1) is 0 Å². The Labute approximate surface area is 203 Å². The molecule has 0 spiro atoms. The number of carbonyl (C=O) groups is 1. The Morgan fingerprint density at radius 1 is 1.12 bits per heavy atom. The molecule has 0 aliphatic carbocycles. The fraction of sp³-hybridized carbons (Fsp3) is 0.0909. The Bertz CT molecular complexity index is 1340. The van der Waals surface area contributed by atoms with Crippen LogP contribution in [0.1, 0.15) is 22.8 Å². The van der Waals surface area contributed by atoms with Crippen LogP contribution in [-0.4, -0.2) is 32.1 Å². The van der Waals surface area contributed by atoms with Gasteiger partial charge in [-0.3, -0.25) is 14.9 Å². The van der Waals surface area contributed by atoms with Crippen molar-refractivity contribution in [3.05, 3.63) is 92.4 Å². The van der Waals surface area contributed by atoms with Gasteiger partial charge in [-0.2, -0.15) is 13.5 Å². The average molecular weight is 548 g/mol. The van der Waals surface area contributed by atoms with Gasteiger partial charge < -0.3 is 8.92 Å². The summed E-state index contributed by atoms with van der Waals surface area (Å²) in [4.78, 5) is 22.1. The number of ether oxygens (including phenoxy) is 1. The number of nitro benzene ring substituents is 1. The van der Waals surface area contributed by atoms with Crippen molar-refractivity contribution in [2.24, 2.45) is 5.10 Å². The second kappa shape index (κ2) is 10.9. The van der Waals surface area contributed by atoms with Crippen molar-refractivity contribution >= 4 is 43.9 Å². The molecule has 176 valence electrons. The Morgan fingerprint density at radius 2 is 1.85 bits per heavy atom. The first-order valence-electron chi connectivity index (χ1n) is 9.74. The molecular formula is C22H18BrN3O7S. The van der Waals surface area contributed by atoms with Crippen LogP contribution in [0.4, 0.5) is 5.69 Å². The second-order valence-electron chi connectivity index (χ2n) is 6.64. The van der Waals surface area contributed by atoms with Crippen LogP contribution < -0.4 is 14.3 Å². The first-order valence-corrected chi connectivity index (χ1v) is 11.9. The molecule has 1 N–H and O–H groups in total. The maximum absolute atomic E-state index is 12.6. The summed E-state index contributed by atoms with van der Waals surface area (Å²) in [6, 6.07) is 15.5. The molecule has 0 aromatic heterocycles. The van der Waals surface area contributed by atoms with Gasteiger partial charge in [-0.05, 0) is 61.0 Å². The average Bonchev–Trinajstić information content (AvgIpc) is 2.80. The molecule has 0 heterocycles. The first-order chi connectivity index (χ1) is 16.2. The quantitative estimate of drug-likeness (QED) is 0.182. The summed E-state index contributed by atoms with van der Waals surface area (Å²) < 4.78 is 36.6. The lowest BCUT2D eigenvalue weighted by Gasteiger charge is -2.12. The molecule has 34 heavy (non-hydrogen) atoms. The molecule has 0 radical (unpaired) electrons. The van der Waals surface area contributed by atoms with E-state index < -0.39 is 20.9 Å². The fourth-order valence-corrected chi connectivity index (χ4v) is 4.04. The molecule has 0 fully saturated rings. The van der Waals surface area contributed by atoms with Crippen molar-refractivity contribution in [2.45, 2.75) is 11.8 Å². The van der Waals surface area contributed by atoms with Crippen LogP contribution in [0.25, 0.3) is 0 Å². The molecule has 0 aliphatic heterocycles. The lowest BCUT2D eigenvalue weighted by atomic mass is 10.2. The number of hydrogen-bond acceptors (Lipinski definition) is 8.